The summed E-state index contributed by atoms with van der Waals surface area (Å²) in [7, 11) is -4.64. The number of hydrogen-bond acceptors (Lipinski definition) is 5. The molecule has 8 heteroatoms. The zero-order chi connectivity index (χ0) is 10.6. The van der Waals surface area contributed by atoms with Crippen molar-refractivity contribution in [3.8, 4) is 0 Å². The molecular weight excluding hydrogens is 203 g/mol. The van der Waals surface area contributed by atoms with Gasteiger partial charge in [-0.1, -0.05) is 0 Å². The monoisotopic (exact) mass is 216 g/mol. The summed E-state index contributed by atoms with van der Waals surface area (Å²) in [5.41, 5.74) is 0. The Bertz CT molecular complexity index is 187. The average Bonchev–Trinajstić information content (AvgIpc) is 1.97. The van der Waals surface area contributed by atoms with E-state index < -0.39 is 32.7 Å². The third-order valence-corrected chi connectivity index (χ3v) is 1.79. The molecule has 0 fully saturated rings. The maximum absolute atomic E-state index is 10.1. The highest BCUT2D eigenvalue weighted by Gasteiger charge is 2.24. The first-order valence-electron chi connectivity index (χ1n) is 3.48. The van der Waals surface area contributed by atoms with Gasteiger partial charge >= 0.3 is 7.82 Å². The lowest BCUT2D eigenvalue weighted by Crippen LogP contribution is -2.38. The predicted octanol–water partition coefficient (Wildman–Crippen LogP) is -1.80. The van der Waals surface area contributed by atoms with Crippen molar-refractivity contribution in [2.75, 3.05) is 6.61 Å². The minimum Gasteiger partial charge on any atom is -0.391 e. The second kappa shape index (κ2) is 5.02. The second-order valence-corrected chi connectivity index (χ2v) is 3.82. The molecule has 0 heterocycles. The van der Waals surface area contributed by atoms with E-state index in [1.165, 1.54) is 6.92 Å². The van der Waals surface area contributed by atoms with Gasteiger partial charge in [0.1, 0.15) is 12.2 Å². The highest BCUT2D eigenvalue weighted by atomic mass is 31.2. The van der Waals surface area contributed by atoms with Crippen LogP contribution < -0.4 is 0 Å². The van der Waals surface area contributed by atoms with Crippen LogP contribution in [0.3, 0.4) is 0 Å². The lowest BCUT2D eigenvalue weighted by Gasteiger charge is -2.19. The predicted molar refractivity (Wildman–Crippen MR) is 41.7 cm³/mol. The smallest absolute Gasteiger partial charge is 0.391 e. The molecule has 0 aliphatic heterocycles. The van der Waals surface area contributed by atoms with Gasteiger partial charge < -0.3 is 25.1 Å². The highest BCUT2D eigenvalue weighted by molar-refractivity contribution is 7.46. The molecule has 5 N–H and O–H groups in total. The van der Waals surface area contributed by atoms with Gasteiger partial charge in [-0.05, 0) is 6.92 Å². The van der Waals surface area contributed by atoms with E-state index >= 15 is 0 Å². The number of aliphatic hydroxyl groups is 3. The van der Waals surface area contributed by atoms with E-state index in [1.54, 1.807) is 0 Å². The highest BCUT2D eigenvalue weighted by Crippen LogP contribution is 2.35. The van der Waals surface area contributed by atoms with Crippen LogP contribution in [-0.2, 0) is 9.09 Å². The first kappa shape index (κ1) is 13.0. The first-order chi connectivity index (χ1) is 5.74. The number of hydrogen-bond donors (Lipinski definition) is 5. The molecular formula is C5H13O7P. The molecule has 0 saturated carbocycles. The third-order valence-electron chi connectivity index (χ3n) is 1.30. The van der Waals surface area contributed by atoms with Gasteiger partial charge in [0.2, 0.25) is 0 Å². The molecule has 0 aliphatic carbocycles. The molecule has 0 amide bonds. The maximum Gasteiger partial charge on any atom is 0.469 e. The summed E-state index contributed by atoms with van der Waals surface area (Å²) < 4.78 is 14.1. The molecule has 3 atom stereocenters. The largest absolute Gasteiger partial charge is 0.469 e. The molecule has 0 unspecified atom stereocenters. The lowest BCUT2D eigenvalue weighted by atomic mass is 10.1. The van der Waals surface area contributed by atoms with Gasteiger partial charge in [0, 0.05) is 0 Å². The normalized spacial score (nSPS) is 19.5. The Morgan fingerprint density at radius 3 is 2.08 bits per heavy atom. The molecule has 13 heavy (non-hydrogen) atoms. The van der Waals surface area contributed by atoms with Crippen LogP contribution in [0.5, 0.6) is 0 Å². The minimum atomic E-state index is -4.64. The molecule has 0 aromatic carbocycles. The van der Waals surface area contributed by atoms with E-state index in [0.29, 0.717) is 0 Å². The quantitative estimate of drug-likeness (QED) is 0.343. The van der Waals surface area contributed by atoms with Crippen molar-refractivity contribution in [3.63, 3.8) is 0 Å². The molecule has 0 rings (SSSR count). The van der Waals surface area contributed by atoms with E-state index in [9.17, 15) is 4.57 Å². The van der Waals surface area contributed by atoms with Crippen molar-refractivity contribution in [1.82, 2.24) is 0 Å². The summed E-state index contributed by atoms with van der Waals surface area (Å²) >= 11 is 0. The number of phosphoric ester groups is 1. The zero-order valence-electron chi connectivity index (χ0n) is 6.94. The minimum absolute atomic E-state index is 0.740. The molecule has 0 aliphatic rings. The third kappa shape index (κ3) is 6.11. The topological polar surface area (TPSA) is 127 Å². The molecule has 0 spiro atoms. The van der Waals surface area contributed by atoms with Gasteiger partial charge in [-0.25, -0.2) is 4.57 Å². The fourth-order valence-corrected chi connectivity index (χ4v) is 0.940. The van der Waals surface area contributed by atoms with Crippen molar-refractivity contribution in [2.24, 2.45) is 0 Å². The van der Waals surface area contributed by atoms with E-state index in [-0.39, 0.29) is 0 Å². The van der Waals surface area contributed by atoms with Gasteiger partial charge in [0.15, 0.2) is 0 Å². The van der Waals surface area contributed by atoms with E-state index in [2.05, 4.69) is 4.52 Å². The van der Waals surface area contributed by atoms with Gasteiger partial charge in [-0.15, -0.1) is 0 Å². The summed E-state index contributed by atoms with van der Waals surface area (Å²) in [5.74, 6) is 0. The van der Waals surface area contributed by atoms with E-state index in [0.717, 1.165) is 0 Å². The van der Waals surface area contributed by atoms with Crippen LogP contribution in [0, 0.1) is 0 Å². The summed E-state index contributed by atoms with van der Waals surface area (Å²) in [6.45, 7) is 0.488. The Morgan fingerprint density at radius 1 is 1.31 bits per heavy atom. The van der Waals surface area contributed by atoms with Crippen molar-refractivity contribution in [2.45, 2.75) is 25.2 Å². The average molecular weight is 216 g/mol. The van der Waals surface area contributed by atoms with Crippen LogP contribution in [0.4, 0.5) is 0 Å². The van der Waals surface area contributed by atoms with Gasteiger partial charge in [0.05, 0.1) is 12.7 Å². The molecule has 0 radical (unpaired) electrons. The lowest BCUT2D eigenvalue weighted by molar-refractivity contribution is -0.0689. The van der Waals surface area contributed by atoms with Crippen LogP contribution in [0.15, 0.2) is 0 Å². The van der Waals surface area contributed by atoms with Crippen LogP contribution in [0.25, 0.3) is 0 Å². The summed E-state index contributed by atoms with van der Waals surface area (Å²) in [4.78, 5) is 16.4. The second-order valence-electron chi connectivity index (χ2n) is 2.58. The fourth-order valence-electron chi connectivity index (χ4n) is 0.594. The Morgan fingerprint density at radius 2 is 1.77 bits per heavy atom. The Kier molecular flexibility index (Phi) is 5.01. The van der Waals surface area contributed by atoms with Crippen molar-refractivity contribution < 1.29 is 34.2 Å². The van der Waals surface area contributed by atoms with E-state index in [4.69, 9.17) is 25.1 Å². The van der Waals surface area contributed by atoms with Crippen LogP contribution in [0.2, 0.25) is 0 Å². The van der Waals surface area contributed by atoms with Crippen LogP contribution in [0.1, 0.15) is 6.92 Å². The first-order valence-corrected chi connectivity index (χ1v) is 5.01. The van der Waals surface area contributed by atoms with Crippen molar-refractivity contribution in [1.29, 1.82) is 0 Å². The molecule has 80 valence electrons. The molecule has 0 aromatic heterocycles. The molecule has 0 saturated heterocycles. The Hall–Kier alpha value is -0.0100. The molecule has 0 aromatic rings. The summed E-state index contributed by atoms with van der Waals surface area (Å²) in [5, 5.41) is 26.7. The Labute approximate surface area is 74.8 Å². The summed E-state index contributed by atoms with van der Waals surface area (Å²) in [6.07, 6.45) is -4.23. The van der Waals surface area contributed by atoms with Crippen LogP contribution in [-0.4, -0.2) is 50.0 Å². The molecule has 0 bridgehead atoms. The van der Waals surface area contributed by atoms with Gasteiger partial charge in [-0.2, -0.15) is 0 Å². The number of rotatable bonds is 5. The zero-order valence-corrected chi connectivity index (χ0v) is 7.83. The maximum atomic E-state index is 10.1. The van der Waals surface area contributed by atoms with Gasteiger partial charge in [-0.3, -0.25) is 4.52 Å². The van der Waals surface area contributed by atoms with E-state index in [1.807, 2.05) is 0 Å². The number of aliphatic hydroxyl groups excluding tert-OH is 3. The SMILES string of the molecule is C[C@@H](O)[C@H](O)[C@H](O)COP(=O)(O)O. The van der Waals surface area contributed by atoms with Gasteiger partial charge in [0.25, 0.3) is 0 Å². The van der Waals surface area contributed by atoms with Crippen LogP contribution >= 0.6 is 7.82 Å². The fraction of sp³-hybridized carbons (Fsp3) is 1.00. The summed E-state index contributed by atoms with van der Waals surface area (Å²) in [6, 6.07) is 0. The molecule has 7 nitrogen and oxygen atoms in total. The Balaban J connectivity index is 3.88. The standard InChI is InChI=1S/C5H13O7P/c1-3(6)5(8)4(7)2-12-13(9,10)11/h3-8H,2H2,1H3,(H2,9,10,11)/t3-,4-,5+/m1/s1. The number of phosphoric acid groups is 1. The van der Waals surface area contributed by atoms with Crippen molar-refractivity contribution in [3.05, 3.63) is 0 Å². The van der Waals surface area contributed by atoms with Crippen molar-refractivity contribution >= 4 is 7.82 Å².